The monoisotopic (exact) mass is 395 g/mol. The second-order valence-corrected chi connectivity index (χ2v) is 7.75. The van der Waals surface area contributed by atoms with Gasteiger partial charge in [-0.05, 0) is 36.4 Å². The van der Waals surface area contributed by atoms with Crippen molar-refractivity contribution in [1.82, 2.24) is 5.32 Å². The third kappa shape index (κ3) is 3.24. The molecule has 0 fully saturated rings. The molecule has 5 nitrogen and oxygen atoms in total. The number of hydrogen-bond donors (Lipinski definition) is 1. The molecule has 2 aliphatic heterocycles. The predicted molar refractivity (Wildman–Crippen MR) is 107 cm³/mol. The van der Waals surface area contributed by atoms with E-state index < -0.39 is 11.9 Å². The largest absolute Gasteiger partial charge is 0.463 e. The van der Waals surface area contributed by atoms with E-state index in [-0.39, 0.29) is 19.2 Å². The maximum Gasteiger partial charge on any atom is 0.337 e. The minimum atomic E-state index is -0.477. The van der Waals surface area contributed by atoms with Gasteiger partial charge < -0.3 is 14.8 Å². The van der Waals surface area contributed by atoms with Crippen LogP contribution < -0.4 is 5.32 Å². The van der Waals surface area contributed by atoms with Crippen molar-refractivity contribution in [2.24, 2.45) is 0 Å². The highest BCUT2D eigenvalue weighted by Gasteiger charge is 2.42. The van der Waals surface area contributed by atoms with E-state index in [4.69, 9.17) is 9.47 Å². The van der Waals surface area contributed by atoms with Crippen molar-refractivity contribution in [3.8, 4) is 0 Å². The van der Waals surface area contributed by atoms with Crippen LogP contribution in [0.5, 0.6) is 0 Å². The van der Waals surface area contributed by atoms with Crippen LogP contribution in [0.15, 0.2) is 64.3 Å². The lowest BCUT2D eigenvalue weighted by atomic mass is 9.80. The topological polar surface area (TPSA) is 64.6 Å². The Morgan fingerprint density at radius 3 is 2.82 bits per heavy atom. The third-order valence-electron chi connectivity index (χ3n) is 5.01. The molecule has 0 saturated heterocycles. The Balaban J connectivity index is 1.80. The van der Waals surface area contributed by atoms with E-state index in [1.807, 2.05) is 36.6 Å². The van der Waals surface area contributed by atoms with Gasteiger partial charge in [0.25, 0.3) is 0 Å². The highest BCUT2D eigenvalue weighted by molar-refractivity contribution is 7.10. The summed E-state index contributed by atoms with van der Waals surface area (Å²) in [6.07, 6.45) is 0.741. The zero-order valence-corrected chi connectivity index (χ0v) is 16.6. The number of rotatable bonds is 5. The molecular weight excluding hydrogens is 374 g/mol. The smallest absolute Gasteiger partial charge is 0.337 e. The molecule has 1 aromatic carbocycles. The Hall–Kier alpha value is -2.86. The van der Waals surface area contributed by atoms with Gasteiger partial charge in [0.15, 0.2) is 0 Å². The van der Waals surface area contributed by atoms with Crippen LogP contribution in [-0.2, 0) is 25.5 Å². The average molecular weight is 395 g/mol. The highest BCUT2D eigenvalue weighted by Crippen LogP contribution is 2.44. The molecule has 0 amide bonds. The molecule has 2 aromatic rings. The number of thiophene rings is 1. The van der Waals surface area contributed by atoms with Gasteiger partial charge in [-0.1, -0.05) is 30.3 Å². The molecule has 144 valence electrons. The van der Waals surface area contributed by atoms with E-state index in [0.29, 0.717) is 16.8 Å². The number of cyclic esters (lactones) is 1. The molecule has 6 heteroatoms. The zero-order chi connectivity index (χ0) is 19.7. The molecule has 28 heavy (non-hydrogen) atoms. The molecule has 1 N–H and O–H groups in total. The number of esters is 2. The summed E-state index contributed by atoms with van der Waals surface area (Å²) in [6, 6.07) is 12.2. The molecule has 0 bridgehead atoms. The van der Waals surface area contributed by atoms with Gasteiger partial charge in [0.05, 0.1) is 29.4 Å². The first kappa shape index (κ1) is 18.5. The summed E-state index contributed by atoms with van der Waals surface area (Å²) in [5, 5.41) is 5.18. The van der Waals surface area contributed by atoms with E-state index in [1.165, 1.54) is 5.56 Å². The van der Waals surface area contributed by atoms with Gasteiger partial charge in [0.2, 0.25) is 0 Å². The standard InChI is InChI=1S/C22H21NO4S/c1-3-26-21(24)18-13(2)23-16-12-27-22(25)20(16)19(18)15-9-10-28-17(15)11-14-7-5-4-6-8-14/h4-10,19,23H,3,11-12H2,1-2H3. The Morgan fingerprint density at radius 2 is 2.07 bits per heavy atom. The normalized spacial score (nSPS) is 18.6. The Bertz CT molecular complexity index is 987. The van der Waals surface area contributed by atoms with Crippen LogP contribution >= 0.6 is 11.3 Å². The Labute approximate surface area is 167 Å². The number of dihydropyridines is 1. The van der Waals surface area contributed by atoms with Gasteiger partial charge in [-0.3, -0.25) is 0 Å². The van der Waals surface area contributed by atoms with Gasteiger partial charge in [0.1, 0.15) is 6.61 Å². The summed E-state index contributed by atoms with van der Waals surface area (Å²) >= 11 is 1.63. The number of ether oxygens (including phenoxy) is 2. The van der Waals surface area contributed by atoms with Crippen molar-refractivity contribution in [2.45, 2.75) is 26.2 Å². The van der Waals surface area contributed by atoms with Crippen LogP contribution in [0.2, 0.25) is 0 Å². The van der Waals surface area contributed by atoms with E-state index >= 15 is 0 Å². The van der Waals surface area contributed by atoms with Crippen molar-refractivity contribution in [3.05, 3.63) is 80.3 Å². The molecule has 3 heterocycles. The fraction of sp³-hybridized carbons (Fsp3) is 0.273. The van der Waals surface area contributed by atoms with Crippen LogP contribution in [0.1, 0.15) is 35.8 Å². The number of hydrogen-bond acceptors (Lipinski definition) is 6. The molecule has 0 spiro atoms. The Morgan fingerprint density at radius 1 is 1.29 bits per heavy atom. The van der Waals surface area contributed by atoms with Crippen LogP contribution in [0.4, 0.5) is 0 Å². The molecule has 0 radical (unpaired) electrons. The fourth-order valence-corrected chi connectivity index (χ4v) is 4.74. The average Bonchev–Trinajstić information content (AvgIpc) is 3.28. The highest BCUT2D eigenvalue weighted by atomic mass is 32.1. The minimum Gasteiger partial charge on any atom is -0.463 e. The van der Waals surface area contributed by atoms with Crippen LogP contribution in [0.25, 0.3) is 0 Å². The number of carbonyl (C=O) groups excluding carboxylic acids is 2. The van der Waals surface area contributed by atoms with Crippen molar-refractivity contribution < 1.29 is 19.1 Å². The van der Waals surface area contributed by atoms with Gasteiger partial charge in [0, 0.05) is 17.0 Å². The van der Waals surface area contributed by atoms with Crippen molar-refractivity contribution in [2.75, 3.05) is 13.2 Å². The number of carbonyl (C=O) groups is 2. The fourth-order valence-electron chi connectivity index (χ4n) is 3.79. The molecule has 4 rings (SSSR count). The third-order valence-corrected chi connectivity index (χ3v) is 5.94. The van der Waals surface area contributed by atoms with Gasteiger partial charge in [-0.15, -0.1) is 11.3 Å². The zero-order valence-electron chi connectivity index (χ0n) is 15.8. The first-order valence-electron chi connectivity index (χ1n) is 9.25. The SMILES string of the molecule is CCOC(=O)C1=C(C)NC2=C(C(=O)OC2)C1c1ccsc1Cc1ccccc1. The van der Waals surface area contributed by atoms with Gasteiger partial charge in [-0.2, -0.15) is 0 Å². The second-order valence-electron chi connectivity index (χ2n) is 6.75. The maximum atomic E-state index is 12.8. The quantitative estimate of drug-likeness (QED) is 0.783. The van der Waals surface area contributed by atoms with Crippen molar-refractivity contribution in [3.63, 3.8) is 0 Å². The van der Waals surface area contributed by atoms with Crippen LogP contribution in [0.3, 0.4) is 0 Å². The van der Waals surface area contributed by atoms with E-state index in [1.54, 1.807) is 18.3 Å². The summed E-state index contributed by atoms with van der Waals surface area (Å²) in [4.78, 5) is 26.4. The molecule has 2 aliphatic rings. The molecule has 0 saturated carbocycles. The number of allylic oxidation sites excluding steroid dienone is 1. The number of benzene rings is 1. The lowest BCUT2D eigenvalue weighted by Crippen LogP contribution is -2.30. The van der Waals surface area contributed by atoms with Crippen molar-refractivity contribution >= 4 is 23.3 Å². The Kier molecular flexibility index (Phi) is 5.05. The van der Waals surface area contributed by atoms with E-state index in [0.717, 1.165) is 22.6 Å². The molecule has 1 aromatic heterocycles. The van der Waals surface area contributed by atoms with Crippen LogP contribution in [0, 0.1) is 0 Å². The maximum absolute atomic E-state index is 12.8. The summed E-state index contributed by atoms with van der Waals surface area (Å²) in [5.74, 6) is -1.26. The molecule has 0 aliphatic carbocycles. The van der Waals surface area contributed by atoms with E-state index in [2.05, 4.69) is 17.4 Å². The van der Waals surface area contributed by atoms with E-state index in [9.17, 15) is 9.59 Å². The summed E-state index contributed by atoms with van der Waals surface area (Å²) in [7, 11) is 0. The second kappa shape index (κ2) is 7.64. The first-order chi connectivity index (χ1) is 13.6. The molecular formula is C22H21NO4S. The molecule has 1 unspecified atom stereocenters. The predicted octanol–water partition coefficient (Wildman–Crippen LogP) is 3.67. The summed E-state index contributed by atoms with van der Waals surface area (Å²) in [6.45, 7) is 4.10. The summed E-state index contributed by atoms with van der Waals surface area (Å²) in [5.41, 5.74) is 4.58. The van der Waals surface area contributed by atoms with Gasteiger partial charge >= 0.3 is 11.9 Å². The number of nitrogens with one attached hydrogen (secondary N) is 1. The lowest BCUT2D eigenvalue weighted by molar-refractivity contribution is -0.138. The summed E-state index contributed by atoms with van der Waals surface area (Å²) < 4.78 is 10.6. The van der Waals surface area contributed by atoms with Gasteiger partial charge in [-0.25, -0.2) is 9.59 Å². The lowest BCUT2D eigenvalue weighted by Gasteiger charge is -2.27. The van der Waals surface area contributed by atoms with Crippen molar-refractivity contribution in [1.29, 1.82) is 0 Å². The van der Waals surface area contributed by atoms with Crippen LogP contribution in [-0.4, -0.2) is 25.2 Å². The minimum absolute atomic E-state index is 0.205. The first-order valence-corrected chi connectivity index (χ1v) is 10.1. The molecule has 1 atom stereocenters.